The number of hydrogen-bond acceptors (Lipinski definition) is 5. The van der Waals surface area contributed by atoms with Crippen molar-refractivity contribution in [3.8, 4) is 0 Å². The monoisotopic (exact) mass is 407 g/mol. The van der Waals surface area contributed by atoms with E-state index in [0.29, 0.717) is 5.56 Å². The molecule has 0 bridgehead atoms. The van der Waals surface area contributed by atoms with Crippen molar-refractivity contribution in [1.29, 1.82) is 0 Å². The Kier molecular flexibility index (Phi) is 5.63. The second kappa shape index (κ2) is 8.11. The van der Waals surface area contributed by atoms with Gasteiger partial charge >= 0.3 is 0 Å². The minimum atomic E-state index is -3.79. The highest BCUT2D eigenvalue weighted by molar-refractivity contribution is 7.93. The average Bonchev–Trinajstić information content (AvgIpc) is 3.15. The molecule has 6 nitrogen and oxygen atoms in total. The summed E-state index contributed by atoms with van der Waals surface area (Å²) in [7, 11) is -3.79. The fourth-order valence-corrected chi connectivity index (χ4v) is 3.91. The summed E-state index contributed by atoms with van der Waals surface area (Å²) < 4.78 is 40.8. The number of benzene rings is 2. The largest absolute Gasteiger partial charge is 0.320 e. The van der Waals surface area contributed by atoms with Gasteiger partial charge in [-0.15, -0.1) is 11.3 Å². The summed E-state index contributed by atoms with van der Waals surface area (Å²) in [6.07, 6.45) is 2.60. The Morgan fingerprint density at radius 1 is 1.11 bits per heavy atom. The van der Waals surface area contributed by atoms with Gasteiger partial charge in [-0.1, -0.05) is 30.3 Å². The van der Waals surface area contributed by atoms with E-state index in [1.165, 1.54) is 30.5 Å². The Morgan fingerprint density at radius 3 is 2.44 bits per heavy atom. The van der Waals surface area contributed by atoms with Gasteiger partial charge in [0, 0.05) is 20.1 Å². The maximum Gasteiger partial charge on any atom is 0.284 e. The summed E-state index contributed by atoms with van der Waals surface area (Å²) in [5, 5.41) is 4.28. The Balaban J connectivity index is 0.00000210. The molecule has 142 valence electrons. The van der Waals surface area contributed by atoms with Crippen LogP contribution in [0.1, 0.15) is 8.42 Å². The molecule has 2 N–H and O–H groups in total. The van der Waals surface area contributed by atoms with Crippen molar-refractivity contribution in [2.45, 2.75) is 4.90 Å². The fourth-order valence-electron chi connectivity index (χ4n) is 2.12. The number of amides is 1. The van der Waals surface area contributed by atoms with Gasteiger partial charge in [0.15, 0.2) is 11.0 Å². The van der Waals surface area contributed by atoms with Crippen LogP contribution in [-0.2, 0) is 14.8 Å². The molecule has 0 unspecified atom stereocenters. The highest BCUT2D eigenvalue weighted by Gasteiger charge is 2.16. The molecule has 2 aromatic carbocycles. The maximum absolute atomic E-state index is 14.0. The SMILES string of the molecule is O=C(Nc1ccc(S(=O)(=O)Nc2nccs2)cc1)/C(F)=C/c1ccccc1.[HH].[HH]. The van der Waals surface area contributed by atoms with E-state index in [2.05, 4.69) is 15.0 Å². The number of anilines is 2. The second-order valence-corrected chi connectivity index (χ2v) is 7.90. The molecule has 0 fully saturated rings. The number of hydrogen-bond donors (Lipinski definition) is 2. The Labute approximate surface area is 162 Å². The van der Waals surface area contributed by atoms with Crippen molar-refractivity contribution in [1.82, 2.24) is 4.98 Å². The van der Waals surface area contributed by atoms with E-state index in [4.69, 9.17) is 0 Å². The minimum absolute atomic E-state index is 0. The van der Waals surface area contributed by atoms with Crippen molar-refractivity contribution in [3.63, 3.8) is 0 Å². The number of rotatable bonds is 6. The smallest absolute Gasteiger partial charge is 0.284 e. The molecule has 9 heteroatoms. The van der Waals surface area contributed by atoms with Crippen LogP contribution in [0.5, 0.6) is 0 Å². The predicted molar refractivity (Wildman–Crippen MR) is 108 cm³/mol. The number of sulfonamides is 1. The molecule has 0 atom stereocenters. The second-order valence-electron chi connectivity index (χ2n) is 5.32. The summed E-state index contributed by atoms with van der Waals surface area (Å²) in [6.45, 7) is 0. The molecule has 1 heterocycles. The Hall–Kier alpha value is -3.04. The number of carbonyl (C=O) groups excluding carboxylic acids is 1. The molecular weight excluding hydrogens is 389 g/mol. The first-order chi connectivity index (χ1) is 12.9. The van der Waals surface area contributed by atoms with E-state index < -0.39 is 21.8 Å². The Morgan fingerprint density at radius 2 is 1.81 bits per heavy atom. The minimum Gasteiger partial charge on any atom is -0.320 e. The predicted octanol–water partition coefficient (Wildman–Crippen LogP) is 4.39. The number of thiazole rings is 1. The standard InChI is InChI=1S/C18H14FN3O3S2.2H2/c19-16(12-13-4-2-1-3-5-13)17(23)21-14-6-8-15(9-7-14)27(24,25)22-18-20-10-11-26-18;;/h1-12H,(H,20,22)(H,21,23);2*1H/b16-12-;;. The summed E-state index contributed by atoms with van der Waals surface area (Å²) >= 11 is 1.15. The van der Waals surface area contributed by atoms with Crippen LogP contribution in [0.15, 0.2) is 76.9 Å². The van der Waals surface area contributed by atoms with E-state index in [9.17, 15) is 17.6 Å². The van der Waals surface area contributed by atoms with E-state index in [1.54, 1.807) is 35.7 Å². The molecule has 0 radical (unpaired) electrons. The lowest BCUT2D eigenvalue weighted by molar-refractivity contribution is -0.114. The molecule has 0 saturated heterocycles. The summed E-state index contributed by atoms with van der Waals surface area (Å²) in [5.41, 5.74) is 0.824. The van der Waals surface area contributed by atoms with Gasteiger partial charge in [-0.25, -0.2) is 17.8 Å². The molecule has 27 heavy (non-hydrogen) atoms. The topological polar surface area (TPSA) is 88.2 Å². The molecular formula is C18H18FN3O3S2. The van der Waals surface area contributed by atoms with Gasteiger partial charge in [-0.2, -0.15) is 0 Å². The molecule has 0 saturated carbocycles. The average molecular weight is 407 g/mol. The van der Waals surface area contributed by atoms with Gasteiger partial charge in [-0.3, -0.25) is 9.52 Å². The van der Waals surface area contributed by atoms with Crippen LogP contribution in [0.25, 0.3) is 6.08 Å². The first-order valence-electron chi connectivity index (χ1n) is 7.70. The third-order valence-electron chi connectivity index (χ3n) is 3.39. The zero-order chi connectivity index (χ0) is 19.3. The van der Waals surface area contributed by atoms with Gasteiger partial charge in [0.05, 0.1) is 4.90 Å². The molecule has 1 amide bonds. The molecule has 0 aliphatic carbocycles. The van der Waals surface area contributed by atoms with Gasteiger partial charge < -0.3 is 5.32 Å². The molecule has 0 aliphatic rings. The number of aromatic nitrogens is 1. The first kappa shape index (κ1) is 18.7. The highest BCUT2D eigenvalue weighted by atomic mass is 32.2. The maximum atomic E-state index is 14.0. The highest BCUT2D eigenvalue weighted by Crippen LogP contribution is 2.20. The van der Waals surface area contributed by atoms with Crippen LogP contribution in [-0.4, -0.2) is 19.3 Å². The first-order valence-corrected chi connectivity index (χ1v) is 10.1. The fraction of sp³-hybridized carbons (Fsp3) is 0. The van der Waals surface area contributed by atoms with Crippen molar-refractivity contribution >= 4 is 44.2 Å². The summed E-state index contributed by atoms with van der Waals surface area (Å²) in [6, 6.07) is 14.0. The van der Waals surface area contributed by atoms with Gasteiger partial charge in [0.1, 0.15) is 0 Å². The molecule has 1 aromatic heterocycles. The van der Waals surface area contributed by atoms with Gasteiger partial charge in [0.2, 0.25) is 0 Å². The van der Waals surface area contributed by atoms with Crippen molar-refractivity contribution in [2.24, 2.45) is 0 Å². The van der Waals surface area contributed by atoms with Crippen LogP contribution in [0.4, 0.5) is 15.2 Å². The van der Waals surface area contributed by atoms with Crippen LogP contribution in [0, 0.1) is 0 Å². The Bertz CT molecular complexity index is 1060. The third-order valence-corrected chi connectivity index (χ3v) is 5.56. The van der Waals surface area contributed by atoms with Crippen molar-refractivity contribution in [2.75, 3.05) is 10.0 Å². The van der Waals surface area contributed by atoms with E-state index >= 15 is 0 Å². The van der Waals surface area contributed by atoms with Crippen LogP contribution < -0.4 is 10.0 Å². The quantitative estimate of drug-likeness (QED) is 0.594. The number of nitrogens with zero attached hydrogens (tertiary/aromatic N) is 1. The van der Waals surface area contributed by atoms with E-state index in [1.807, 2.05) is 0 Å². The molecule has 3 aromatic rings. The lowest BCUT2D eigenvalue weighted by Gasteiger charge is -2.07. The summed E-state index contributed by atoms with van der Waals surface area (Å²) in [4.78, 5) is 15.8. The lowest BCUT2D eigenvalue weighted by atomic mass is 10.2. The number of carbonyl (C=O) groups is 1. The number of halogens is 1. The van der Waals surface area contributed by atoms with E-state index in [-0.39, 0.29) is 18.6 Å². The molecule has 3 rings (SSSR count). The van der Waals surface area contributed by atoms with Crippen molar-refractivity contribution in [3.05, 3.63) is 77.6 Å². The van der Waals surface area contributed by atoms with Crippen molar-refractivity contribution < 1.29 is 20.5 Å². The molecule has 0 spiro atoms. The van der Waals surface area contributed by atoms with Crippen LogP contribution in [0.3, 0.4) is 0 Å². The third kappa shape index (κ3) is 4.99. The van der Waals surface area contributed by atoms with E-state index in [0.717, 1.165) is 17.4 Å². The summed E-state index contributed by atoms with van der Waals surface area (Å²) in [5.74, 6) is -1.88. The zero-order valence-electron chi connectivity index (χ0n) is 13.8. The van der Waals surface area contributed by atoms with Gasteiger partial charge in [-0.05, 0) is 35.9 Å². The van der Waals surface area contributed by atoms with Gasteiger partial charge in [0.25, 0.3) is 15.9 Å². The van der Waals surface area contributed by atoms with Crippen LogP contribution in [0.2, 0.25) is 0 Å². The normalized spacial score (nSPS) is 11.8. The number of nitrogens with one attached hydrogen (secondary N) is 2. The van der Waals surface area contributed by atoms with Crippen LogP contribution >= 0.6 is 11.3 Å². The lowest BCUT2D eigenvalue weighted by Crippen LogP contribution is -2.14. The molecule has 0 aliphatic heterocycles. The zero-order valence-corrected chi connectivity index (χ0v) is 15.4.